The highest BCUT2D eigenvalue weighted by Gasteiger charge is 2.35. The standard InChI is InChI=1S/C30H25ClN2O3/c1-17-11-20(34)7-9-22(17)25-14-28-29(24-6-4-3-5-23(24)25)19(15-31)16-33(28)30(35)27-13-18-12-21(36-2)8-10-26(18)32-27/h3-14,19,32,34H,15-16H2,1-2H3. The number of amides is 1. The van der Waals surface area contributed by atoms with Gasteiger partial charge >= 0.3 is 0 Å². The quantitative estimate of drug-likeness (QED) is 0.263. The Labute approximate surface area is 213 Å². The third-order valence-corrected chi connectivity index (χ3v) is 7.53. The van der Waals surface area contributed by atoms with E-state index in [9.17, 15) is 9.90 Å². The van der Waals surface area contributed by atoms with Gasteiger partial charge in [0.1, 0.15) is 17.2 Å². The van der Waals surface area contributed by atoms with Crippen molar-refractivity contribution in [1.82, 2.24) is 4.98 Å². The van der Waals surface area contributed by atoms with Crippen molar-refractivity contribution >= 4 is 44.9 Å². The Morgan fingerprint density at radius 1 is 1.06 bits per heavy atom. The van der Waals surface area contributed by atoms with E-state index in [1.807, 2.05) is 54.3 Å². The number of halogens is 1. The van der Waals surface area contributed by atoms with E-state index in [0.717, 1.165) is 55.4 Å². The molecule has 1 aromatic heterocycles. The summed E-state index contributed by atoms with van der Waals surface area (Å²) in [6.45, 7) is 2.50. The van der Waals surface area contributed by atoms with Gasteiger partial charge in [-0.05, 0) is 82.4 Å². The number of aromatic nitrogens is 1. The number of aryl methyl sites for hydroxylation is 1. The Bertz CT molecular complexity index is 1660. The van der Waals surface area contributed by atoms with Gasteiger partial charge in [-0.2, -0.15) is 0 Å². The number of phenolic OH excluding ortho intramolecular Hbond substituents is 1. The van der Waals surface area contributed by atoms with Crippen LogP contribution in [0, 0.1) is 6.92 Å². The molecule has 0 saturated carbocycles. The second-order valence-electron chi connectivity index (χ2n) is 9.30. The summed E-state index contributed by atoms with van der Waals surface area (Å²) in [5.74, 6) is 1.32. The smallest absolute Gasteiger partial charge is 0.274 e. The lowest BCUT2D eigenvalue weighted by molar-refractivity contribution is 0.0984. The van der Waals surface area contributed by atoms with Crippen LogP contribution in [0.15, 0.2) is 72.8 Å². The highest BCUT2D eigenvalue weighted by Crippen LogP contribution is 2.46. The molecule has 1 unspecified atom stereocenters. The largest absolute Gasteiger partial charge is 0.508 e. The molecule has 5 aromatic rings. The van der Waals surface area contributed by atoms with Crippen molar-refractivity contribution in [1.29, 1.82) is 0 Å². The molecule has 2 N–H and O–H groups in total. The normalized spacial score (nSPS) is 15.0. The maximum Gasteiger partial charge on any atom is 0.274 e. The molecule has 1 atom stereocenters. The number of aromatic amines is 1. The molecule has 1 amide bonds. The maximum atomic E-state index is 13.9. The van der Waals surface area contributed by atoms with Crippen LogP contribution in [-0.4, -0.2) is 35.5 Å². The molecule has 2 heterocycles. The third-order valence-electron chi connectivity index (χ3n) is 7.16. The van der Waals surface area contributed by atoms with E-state index in [0.29, 0.717) is 18.1 Å². The molecule has 0 aliphatic carbocycles. The lowest BCUT2D eigenvalue weighted by Gasteiger charge is -2.19. The van der Waals surface area contributed by atoms with Crippen LogP contribution >= 0.6 is 11.6 Å². The first-order chi connectivity index (χ1) is 17.5. The summed E-state index contributed by atoms with van der Waals surface area (Å²) in [5.41, 5.74) is 6.40. The van der Waals surface area contributed by atoms with Crippen LogP contribution in [0.1, 0.15) is 27.5 Å². The molecule has 0 saturated heterocycles. The number of ether oxygens (including phenoxy) is 1. The van der Waals surface area contributed by atoms with Gasteiger partial charge in [-0.3, -0.25) is 4.79 Å². The number of alkyl halides is 1. The average Bonchev–Trinajstić information content (AvgIpc) is 3.49. The van der Waals surface area contributed by atoms with Crippen molar-refractivity contribution in [3.8, 4) is 22.6 Å². The number of carbonyl (C=O) groups is 1. The lowest BCUT2D eigenvalue weighted by atomic mass is 9.89. The van der Waals surface area contributed by atoms with Gasteiger partial charge in [0.15, 0.2) is 0 Å². The number of carbonyl (C=O) groups excluding carboxylic acids is 1. The number of methoxy groups -OCH3 is 1. The Balaban J connectivity index is 1.53. The van der Waals surface area contributed by atoms with Gasteiger partial charge < -0.3 is 19.7 Å². The first-order valence-electron chi connectivity index (χ1n) is 11.9. The molecule has 6 rings (SSSR count). The Morgan fingerprint density at radius 3 is 2.61 bits per heavy atom. The zero-order chi connectivity index (χ0) is 25.0. The number of aromatic hydroxyl groups is 1. The predicted octanol–water partition coefficient (Wildman–Crippen LogP) is 6.99. The van der Waals surface area contributed by atoms with Crippen molar-refractivity contribution in [2.75, 3.05) is 24.4 Å². The van der Waals surface area contributed by atoms with Crippen LogP contribution in [0.5, 0.6) is 11.5 Å². The van der Waals surface area contributed by atoms with Crippen LogP contribution < -0.4 is 9.64 Å². The molecular weight excluding hydrogens is 472 g/mol. The van der Waals surface area contributed by atoms with Gasteiger partial charge in [0, 0.05) is 34.9 Å². The number of phenols is 1. The van der Waals surface area contributed by atoms with Crippen molar-refractivity contribution in [3.63, 3.8) is 0 Å². The predicted molar refractivity (Wildman–Crippen MR) is 146 cm³/mol. The minimum atomic E-state index is -0.0947. The second kappa shape index (κ2) is 8.61. The van der Waals surface area contributed by atoms with Crippen molar-refractivity contribution < 1.29 is 14.6 Å². The highest BCUT2D eigenvalue weighted by atomic mass is 35.5. The van der Waals surface area contributed by atoms with E-state index in [4.69, 9.17) is 16.3 Å². The highest BCUT2D eigenvalue weighted by molar-refractivity contribution is 6.19. The molecule has 180 valence electrons. The van der Waals surface area contributed by atoms with Gasteiger partial charge in [0.25, 0.3) is 5.91 Å². The van der Waals surface area contributed by atoms with Gasteiger partial charge in [-0.25, -0.2) is 0 Å². The SMILES string of the molecule is COc1ccc2[nH]c(C(=O)N3CC(CCl)c4c3cc(-c3ccc(O)cc3C)c3ccccc43)cc2c1. The van der Waals surface area contributed by atoms with Gasteiger partial charge in [0.05, 0.1) is 7.11 Å². The number of rotatable bonds is 4. The summed E-state index contributed by atoms with van der Waals surface area (Å²) >= 11 is 6.46. The molecule has 36 heavy (non-hydrogen) atoms. The minimum Gasteiger partial charge on any atom is -0.508 e. The number of anilines is 1. The van der Waals surface area contributed by atoms with Crippen LogP contribution in [0.25, 0.3) is 32.8 Å². The number of nitrogens with zero attached hydrogens (tertiary/aromatic N) is 1. The molecule has 0 fully saturated rings. The van der Waals surface area contributed by atoms with Crippen molar-refractivity contribution in [2.45, 2.75) is 12.8 Å². The zero-order valence-electron chi connectivity index (χ0n) is 20.0. The molecule has 6 heteroatoms. The van der Waals surface area contributed by atoms with Gasteiger partial charge in [-0.1, -0.05) is 30.3 Å². The monoisotopic (exact) mass is 496 g/mol. The van der Waals surface area contributed by atoms with E-state index in [1.54, 1.807) is 19.2 Å². The molecular formula is C30H25ClN2O3. The summed E-state index contributed by atoms with van der Waals surface area (Å²) in [4.78, 5) is 19.0. The average molecular weight is 497 g/mol. The number of benzene rings is 4. The molecule has 1 aliphatic rings. The first-order valence-corrected chi connectivity index (χ1v) is 12.4. The second-order valence-corrected chi connectivity index (χ2v) is 9.61. The van der Waals surface area contributed by atoms with E-state index < -0.39 is 0 Å². The van der Waals surface area contributed by atoms with E-state index >= 15 is 0 Å². The van der Waals surface area contributed by atoms with Crippen molar-refractivity contribution in [2.24, 2.45) is 0 Å². The number of nitrogens with one attached hydrogen (secondary N) is 1. The summed E-state index contributed by atoms with van der Waals surface area (Å²) in [6, 6.07) is 23.4. The molecule has 0 radical (unpaired) electrons. The number of fused-ring (bicyclic) bond motifs is 4. The fourth-order valence-electron chi connectivity index (χ4n) is 5.43. The lowest BCUT2D eigenvalue weighted by Crippen LogP contribution is -2.30. The maximum absolute atomic E-state index is 13.9. The van der Waals surface area contributed by atoms with E-state index in [1.165, 1.54) is 0 Å². The third kappa shape index (κ3) is 3.50. The van der Waals surface area contributed by atoms with Crippen LogP contribution in [0.2, 0.25) is 0 Å². The first kappa shape index (κ1) is 22.5. The minimum absolute atomic E-state index is 0.0231. The van der Waals surface area contributed by atoms with Crippen LogP contribution in [0.3, 0.4) is 0 Å². The summed E-state index contributed by atoms with van der Waals surface area (Å²) < 4.78 is 5.34. The van der Waals surface area contributed by atoms with Crippen molar-refractivity contribution in [3.05, 3.63) is 89.6 Å². The fraction of sp³-hybridized carbons (Fsp3) is 0.167. The molecule has 0 bridgehead atoms. The van der Waals surface area contributed by atoms with Gasteiger partial charge in [0.2, 0.25) is 0 Å². The summed E-state index contributed by atoms with van der Waals surface area (Å²) in [6.07, 6.45) is 0. The number of H-pyrrole nitrogens is 1. The number of hydrogen-bond donors (Lipinski definition) is 2. The van der Waals surface area contributed by atoms with Crippen LogP contribution in [0.4, 0.5) is 5.69 Å². The molecule has 5 nitrogen and oxygen atoms in total. The number of hydrogen-bond acceptors (Lipinski definition) is 3. The van der Waals surface area contributed by atoms with Gasteiger partial charge in [-0.15, -0.1) is 11.6 Å². The van der Waals surface area contributed by atoms with E-state index in [2.05, 4.69) is 23.2 Å². The Kier molecular flexibility index (Phi) is 5.38. The topological polar surface area (TPSA) is 65.6 Å². The zero-order valence-corrected chi connectivity index (χ0v) is 20.8. The van der Waals surface area contributed by atoms with E-state index in [-0.39, 0.29) is 17.6 Å². The molecule has 0 spiro atoms. The summed E-state index contributed by atoms with van der Waals surface area (Å²) in [5, 5.41) is 13.1. The Morgan fingerprint density at radius 2 is 1.86 bits per heavy atom. The Hall–Kier alpha value is -3.96. The molecule has 1 aliphatic heterocycles. The fourth-order valence-corrected chi connectivity index (χ4v) is 5.69. The van der Waals surface area contributed by atoms with Crippen LogP contribution in [-0.2, 0) is 0 Å². The molecule has 4 aromatic carbocycles. The summed E-state index contributed by atoms with van der Waals surface area (Å²) in [7, 11) is 1.63.